The van der Waals surface area contributed by atoms with Crippen LogP contribution in [0.4, 0.5) is 0 Å². The second-order valence-electron chi connectivity index (χ2n) is 4.33. The van der Waals surface area contributed by atoms with Gasteiger partial charge in [0.25, 0.3) is 0 Å². The van der Waals surface area contributed by atoms with Crippen LogP contribution >= 0.6 is 11.6 Å². The van der Waals surface area contributed by atoms with Gasteiger partial charge in [-0.2, -0.15) is 0 Å². The summed E-state index contributed by atoms with van der Waals surface area (Å²) in [5.41, 5.74) is 1.36. The molecule has 2 nitrogen and oxygen atoms in total. The normalized spacial score (nSPS) is 10.4. The molecule has 0 spiro atoms. The Balaban J connectivity index is 0.00000133. The lowest BCUT2D eigenvalue weighted by Crippen LogP contribution is -3.00. The summed E-state index contributed by atoms with van der Waals surface area (Å²) in [7, 11) is 0. The summed E-state index contributed by atoms with van der Waals surface area (Å²) in [5.74, 6) is 0. The van der Waals surface area contributed by atoms with Gasteiger partial charge in [0.2, 0.25) is 0 Å². The van der Waals surface area contributed by atoms with E-state index in [4.69, 9.17) is 11.6 Å². The van der Waals surface area contributed by atoms with Crippen LogP contribution in [0.25, 0.3) is 10.8 Å². The van der Waals surface area contributed by atoms with Crippen molar-refractivity contribution in [1.82, 2.24) is 4.57 Å². The van der Waals surface area contributed by atoms with Crippen molar-refractivity contribution in [2.45, 2.75) is 13.0 Å². The molecule has 2 aromatic carbocycles. The van der Waals surface area contributed by atoms with Crippen LogP contribution in [-0.4, -0.2) is 4.57 Å². The number of H-pyrrole nitrogens is 1. The van der Waals surface area contributed by atoms with Crippen LogP contribution < -0.4 is 17.4 Å². The molecule has 4 heteroatoms. The maximum absolute atomic E-state index is 6.03. The zero-order valence-corrected chi connectivity index (χ0v) is 11.8. The van der Waals surface area contributed by atoms with Gasteiger partial charge in [-0.25, -0.2) is 9.55 Å². The number of fused-ring (bicyclic) bond motifs is 1. The molecule has 0 aliphatic carbocycles. The Bertz CT molecular complexity index is 671. The first-order valence-electron chi connectivity index (χ1n) is 6.03. The third-order valence-electron chi connectivity index (χ3n) is 3.21. The fraction of sp³-hybridized carbons (Fsp3) is 0.133. The molecule has 19 heavy (non-hydrogen) atoms. The third kappa shape index (κ3) is 2.91. The van der Waals surface area contributed by atoms with Gasteiger partial charge >= 0.3 is 5.28 Å². The molecule has 1 heterocycles. The number of nitrogens with zero attached hydrogens (tertiary/aromatic N) is 1. The van der Waals surface area contributed by atoms with E-state index in [1.807, 2.05) is 17.0 Å². The molecule has 0 fully saturated rings. The van der Waals surface area contributed by atoms with Crippen LogP contribution in [0.5, 0.6) is 0 Å². The Hall–Kier alpha value is -1.51. The molecule has 0 bridgehead atoms. The predicted octanol–water partition coefficient (Wildman–Crippen LogP) is 0.355. The highest BCUT2D eigenvalue weighted by atomic mass is 35.5. The highest BCUT2D eigenvalue weighted by Crippen LogP contribution is 2.19. The standard InChI is InChI=1S/C15H13ClN2.ClH/c16-15-17-9-11-18(15)10-8-13-6-3-5-12-4-1-2-7-14(12)13;/h1-7,9,11H,8,10H2;1H. The van der Waals surface area contributed by atoms with Crippen LogP contribution in [0.2, 0.25) is 5.28 Å². The molecule has 1 aromatic heterocycles. The minimum absolute atomic E-state index is 0. The lowest BCUT2D eigenvalue weighted by molar-refractivity contribution is -0.374. The third-order valence-corrected chi connectivity index (χ3v) is 3.54. The summed E-state index contributed by atoms with van der Waals surface area (Å²) >= 11 is 6.03. The molecule has 0 radical (unpaired) electrons. The average molecular weight is 293 g/mol. The molecule has 3 aromatic rings. The Morgan fingerprint density at radius 3 is 2.63 bits per heavy atom. The number of rotatable bonds is 3. The van der Waals surface area contributed by atoms with E-state index < -0.39 is 0 Å². The highest BCUT2D eigenvalue weighted by Gasteiger charge is 2.07. The van der Waals surface area contributed by atoms with E-state index in [0.29, 0.717) is 5.28 Å². The molecular weight excluding hydrogens is 279 g/mol. The lowest BCUT2D eigenvalue weighted by Gasteiger charge is -2.05. The summed E-state index contributed by atoms with van der Waals surface area (Å²) in [5, 5.41) is 3.29. The number of hydrogen-bond acceptors (Lipinski definition) is 0. The van der Waals surface area contributed by atoms with Crippen molar-refractivity contribution in [2.24, 2.45) is 0 Å². The summed E-state index contributed by atoms with van der Waals surface area (Å²) in [4.78, 5) is 2.97. The number of halogens is 2. The number of benzene rings is 2. The Labute approximate surface area is 123 Å². The minimum Gasteiger partial charge on any atom is -1.00 e. The first-order chi connectivity index (χ1) is 8.84. The smallest absolute Gasteiger partial charge is 0.352 e. The number of aromatic nitrogens is 2. The predicted molar refractivity (Wildman–Crippen MR) is 73.6 cm³/mol. The van der Waals surface area contributed by atoms with E-state index in [9.17, 15) is 0 Å². The molecular formula is C15H14Cl2N2. The Kier molecular flexibility index (Phi) is 4.46. The molecule has 0 unspecified atom stereocenters. The van der Waals surface area contributed by atoms with E-state index in [0.717, 1.165) is 13.0 Å². The molecule has 98 valence electrons. The summed E-state index contributed by atoms with van der Waals surface area (Å²) in [6.07, 6.45) is 4.79. The molecule has 0 saturated heterocycles. The largest absolute Gasteiger partial charge is 1.00 e. The van der Waals surface area contributed by atoms with Crippen LogP contribution in [0.1, 0.15) is 5.56 Å². The van der Waals surface area contributed by atoms with Crippen molar-refractivity contribution in [3.8, 4) is 0 Å². The second-order valence-corrected chi connectivity index (χ2v) is 4.69. The van der Waals surface area contributed by atoms with Gasteiger partial charge in [0, 0.05) is 18.0 Å². The van der Waals surface area contributed by atoms with E-state index in [1.54, 1.807) is 0 Å². The SMILES string of the molecule is Clc1[nH+]ccn1CCc1cccc2ccccc12.[Cl-]. The van der Waals surface area contributed by atoms with Gasteiger partial charge in [-0.3, -0.25) is 0 Å². The number of nitrogens with one attached hydrogen (secondary N) is 1. The van der Waals surface area contributed by atoms with Gasteiger partial charge in [0.15, 0.2) is 0 Å². The first-order valence-corrected chi connectivity index (χ1v) is 6.41. The van der Waals surface area contributed by atoms with E-state index in [-0.39, 0.29) is 12.4 Å². The number of imidazole rings is 1. The maximum Gasteiger partial charge on any atom is 0.352 e. The first kappa shape index (κ1) is 13.9. The number of aryl methyl sites for hydroxylation is 2. The average Bonchev–Trinajstić information content (AvgIpc) is 2.82. The van der Waals surface area contributed by atoms with Crippen molar-refractivity contribution in [3.63, 3.8) is 0 Å². The van der Waals surface area contributed by atoms with Crippen molar-refractivity contribution in [3.05, 3.63) is 65.7 Å². The Morgan fingerprint density at radius 1 is 1.05 bits per heavy atom. The van der Waals surface area contributed by atoms with Crippen LogP contribution in [0.15, 0.2) is 54.9 Å². The van der Waals surface area contributed by atoms with Gasteiger partial charge in [0.1, 0.15) is 12.4 Å². The summed E-state index contributed by atoms with van der Waals surface area (Å²) in [6.45, 7) is 0.885. The fourth-order valence-corrected chi connectivity index (χ4v) is 2.47. The van der Waals surface area contributed by atoms with E-state index in [1.165, 1.54) is 16.3 Å². The molecule has 3 rings (SSSR count). The molecule has 0 aliphatic heterocycles. The number of hydrogen-bond donors (Lipinski definition) is 0. The van der Waals surface area contributed by atoms with Crippen LogP contribution in [-0.2, 0) is 13.0 Å². The van der Waals surface area contributed by atoms with Gasteiger partial charge < -0.3 is 12.4 Å². The van der Waals surface area contributed by atoms with Gasteiger partial charge in [-0.15, -0.1) is 0 Å². The zero-order valence-electron chi connectivity index (χ0n) is 10.3. The molecule has 0 atom stereocenters. The van der Waals surface area contributed by atoms with Crippen LogP contribution in [0.3, 0.4) is 0 Å². The van der Waals surface area contributed by atoms with Crippen LogP contribution in [0, 0.1) is 0 Å². The second kappa shape index (κ2) is 6.09. The minimum atomic E-state index is 0. The van der Waals surface area contributed by atoms with Crippen molar-refractivity contribution in [2.75, 3.05) is 0 Å². The summed E-state index contributed by atoms with van der Waals surface area (Å²) in [6, 6.07) is 14.9. The fourth-order valence-electron chi connectivity index (χ4n) is 2.27. The molecule has 0 amide bonds. The monoisotopic (exact) mass is 292 g/mol. The molecule has 1 N–H and O–H groups in total. The molecule has 0 aliphatic rings. The van der Waals surface area contributed by atoms with Gasteiger partial charge in [0.05, 0.1) is 6.54 Å². The summed E-state index contributed by atoms with van der Waals surface area (Å²) < 4.78 is 2.02. The van der Waals surface area contributed by atoms with Gasteiger partial charge in [-0.1, -0.05) is 42.5 Å². The maximum atomic E-state index is 6.03. The lowest BCUT2D eigenvalue weighted by atomic mass is 10.0. The molecule has 0 saturated carbocycles. The highest BCUT2D eigenvalue weighted by molar-refractivity contribution is 6.27. The zero-order chi connectivity index (χ0) is 12.4. The Morgan fingerprint density at radius 2 is 1.84 bits per heavy atom. The van der Waals surface area contributed by atoms with Gasteiger partial charge in [-0.05, 0) is 16.3 Å². The quantitative estimate of drug-likeness (QED) is 0.664. The topological polar surface area (TPSA) is 19.1 Å². The van der Waals surface area contributed by atoms with E-state index >= 15 is 0 Å². The van der Waals surface area contributed by atoms with Crippen molar-refractivity contribution < 1.29 is 17.4 Å². The van der Waals surface area contributed by atoms with Crippen molar-refractivity contribution >= 4 is 22.4 Å². The number of aromatic amines is 1. The van der Waals surface area contributed by atoms with E-state index in [2.05, 4.69) is 47.4 Å². The van der Waals surface area contributed by atoms with Crippen molar-refractivity contribution in [1.29, 1.82) is 0 Å².